The van der Waals surface area contributed by atoms with E-state index in [0.29, 0.717) is 11.3 Å². The SMILES string of the molecule is CNC(=O)C[C@@H](C(=O)O)c1ccc(OC)cc1. The van der Waals surface area contributed by atoms with Gasteiger partial charge in [0, 0.05) is 13.5 Å². The van der Waals surface area contributed by atoms with Crippen LogP contribution in [0.25, 0.3) is 0 Å². The highest BCUT2D eigenvalue weighted by Gasteiger charge is 2.22. The van der Waals surface area contributed by atoms with Gasteiger partial charge in [-0.15, -0.1) is 0 Å². The summed E-state index contributed by atoms with van der Waals surface area (Å²) >= 11 is 0. The Balaban J connectivity index is 2.89. The lowest BCUT2D eigenvalue weighted by molar-refractivity contribution is -0.140. The summed E-state index contributed by atoms with van der Waals surface area (Å²) in [6.07, 6.45) is -0.0713. The lowest BCUT2D eigenvalue weighted by Gasteiger charge is -2.12. The first-order valence-corrected chi connectivity index (χ1v) is 5.15. The van der Waals surface area contributed by atoms with E-state index in [1.165, 1.54) is 14.2 Å². The van der Waals surface area contributed by atoms with Crippen molar-refractivity contribution in [2.45, 2.75) is 12.3 Å². The molecule has 0 fully saturated rings. The first-order chi connectivity index (χ1) is 8.08. The molecule has 0 bridgehead atoms. The lowest BCUT2D eigenvalue weighted by atomic mass is 9.95. The molecule has 0 saturated carbocycles. The normalized spacial score (nSPS) is 11.6. The van der Waals surface area contributed by atoms with Crippen molar-refractivity contribution >= 4 is 11.9 Å². The van der Waals surface area contributed by atoms with Gasteiger partial charge in [-0.05, 0) is 17.7 Å². The molecule has 1 atom stereocenters. The highest BCUT2D eigenvalue weighted by Crippen LogP contribution is 2.22. The second kappa shape index (κ2) is 5.89. The maximum atomic E-state index is 11.2. The molecule has 1 aromatic carbocycles. The molecule has 1 amide bonds. The van der Waals surface area contributed by atoms with Gasteiger partial charge in [0.15, 0.2) is 0 Å². The molecule has 5 nitrogen and oxygen atoms in total. The fourth-order valence-corrected chi connectivity index (χ4v) is 1.47. The van der Waals surface area contributed by atoms with Crippen LogP contribution in [0, 0.1) is 0 Å². The van der Waals surface area contributed by atoms with E-state index in [-0.39, 0.29) is 12.3 Å². The quantitative estimate of drug-likeness (QED) is 0.801. The van der Waals surface area contributed by atoms with Crippen molar-refractivity contribution in [1.29, 1.82) is 0 Å². The van der Waals surface area contributed by atoms with Crippen LogP contribution in [0.15, 0.2) is 24.3 Å². The Morgan fingerprint density at radius 3 is 2.35 bits per heavy atom. The average molecular weight is 237 g/mol. The number of carboxylic acid groups (broad SMARTS) is 1. The third kappa shape index (κ3) is 3.48. The van der Waals surface area contributed by atoms with Crippen LogP contribution in [-0.4, -0.2) is 31.1 Å². The number of nitrogens with one attached hydrogen (secondary N) is 1. The molecule has 2 N–H and O–H groups in total. The summed E-state index contributed by atoms with van der Waals surface area (Å²) in [5.41, 5.74) is 0.585. The summed E-state index contributed by atoms with van der Waals surface area (Å²) in [6.45, 7) is 0. The van der Waals surface area contributed by atoms with Crippen LogP contribution < -0.4 is 10.1 Å². The van der Waals surface area contributed by atoms with Gasteiger partial charge in [-0.1, -0.05) is 12.1 Å². The molecule has 5 heteroatoms. The number of methoxy groups -OCH3 is 1. The van der Waals surface area contributed by atoms with E-state index in [0.717, 1.165) is 0 Å². The number of ether oxygens (including phenoxy) is 1. The maximum Gasteiger partial charge on any atom is 0.311 e. The molecule has 0 aromatic heterocycles. The number of amides is 1. The van der Waals surface area contributed by atoms with Crippen LogP contribution in [0.4, 0.5) is 0 Å². The van der Waals surface area contributed by atoms with Crippen molar-refractivity contribution in [2.24, 2.45) is 0 Å². The number of hydrogen-bond donors (Lipinski definition) is 2. The van der Waals surface area contributed by atoms with Gasteiger partial charge in [-0.2, -0.15) is 0 Å². The zero-order valence-electron chi connectivity index (χ0n) is 9.77. The van der Waals surface area contributed by atoms with Crippen LogP contribution in [0.1, 0.15) is 17.9 Å². The summed E-state index contributed by atoms with van der Waals surface area (Å²) in [5.74, 6) is -1.49. The fraction of sp³-hybridized carbons (Fsp3) is 0.333. The third-order valence-electron chi connectivity index (χ3n) is 2.48. The van der Waals surface area contributed by atoms with Crippen LogP contribution in [0.2, 0.25) is 0 Å². The largest absolute Gasteiger partial charge is 0.497 e. The highest BCUT2D eigenvalue weighted by molar-refractivity contribution is 5.85. The van der Waals surface area contributed by atoms with Gasteiger partial charge in [0.1, 0.15) is 5.75 Å². The van der Waals surface area contributed by atoms with Crippen LogP contribution in [0.5, 0.6) is 5.75 Å². The number of benzene rings is 1. The van der Waals surface area contributed by atoms with Crippen molar-refractivity contribution in [3.63, 3.8) is 0 Å². The number of carbonyl (C=O) groups excluding carboxylic acids is 1. The van der Waals surface area contributed by atoms with E-state index in [1.54, 1.807) is 24.3 Å². The first-order valence-electron chi connectivity index (χ1n) is 5.15. The predicted molar refractivity (Wildman–Crippen MR) is 62.1 cm³/mol. The standard InChI is InChI=1S/C12H15NO4/c1-13-11(14)7-10(12(15)16)8-3-5-9(17-2)6-4-8/h3-6,10H,7H2,1-2H3,(H,13,14)(H,15,16)/t10-/m1/s1. The number of carbonyl (C=O) groups is 2. The van der Waals surface area contributed by atoms with Crippen molar-refractivity contribution in [3.8, 4) is 5.75 Å². The van der Waals surface area contributed by atoms with Gasteiger partial charge >= 0.3 is 5.97 Å². The van der Waals surface area contributed by atoms with Crippen LogP contribution in [-0.2, 0) is 9.59 Å². The number of rotatable bonds is 5. The van der Waals surface area contributed by atoms with Gasteiger partial charge in [0.2, 0.25) is 5.91 Å². The molecule has 0 heterocycles. The Morgan fingerprint density at radius 1 is 1.35 bits per heavy atom. The summed E-state index contributed by atoms with van der Waals surface area (Å²) < 4.78 is 4.98. The maximum absolute atomic E-state index is 11.2. The van der Waals surface area contributed by atoms with E-state index < -0.39 is 11.9 Å². The van der Waals surface area contributed by atoms with Crippen molar-refractivity contribution in [1.82, 2.24) is 5.32 Å². The molecule has 0 saturated heterocycles. The van der Waals surface area contributed by atoms with Gasteiger partial charge in [0.25, 0.3) is 0 Å². The highest BCUT2D eigenvalue weighted by atomic mass is 16.5. The molecule has 17 heavy (non-hydrogen) atoms. The zero-order chi connectivity index (χ0) is 12.8. The minimum absolute atomic E-state index is 0.0713. The van der Waals surface area contributed by atoms with Gasteiger partial charge in [-0.3, -0.25) is 9.59 Å². The lowest BCUT2D eigenvalue weighted by Crippen LogP contribution is -2.24. The van der Waals surface area contributed by atoms with Crippen molar-refractivity contribution in [2.75, 3.05) is 14.2 Å². The molecule has 0 spiro atoms. The minimum Gasteiger partial charge on any atom is -0.497 e. The van der Waals surface area contributed by atoms with Gasteiger partial charge in [0.05, 0.1) is 13.0 Å². The van der Waals surface area contributed by atoms with Crippen molar-refractivity contribution in [3.05, 3.63) is 29.8 Å². The Bertz CT molecular complexity index is 399. The molecular formula is C12H15NO4. The van der Waals surface area contributed by atoms with Crippen molar-refractivity contribution < 1.29 is 19.4 Å². The second-order valence-electron chi connectivity index (χ2n) is 3.54. The zero-order valence-corrected chi connectivity index (χ0v) is 9.77. The topological polar surface area (TPSA) is 75.6 Å². The predicted octanol–water partition coefficient (Wildman–Crippen LogP) is 0.999. The molecule has 1 rings (SSSR count). The number of hydrogen-bond acceptors (Lipinski definition) is 3. The molecule has 0 aliphatic heterocycles. The molecule has 92 valence electrons. The van der Waals surface area contributed by atoms with E-state index in [2.05, 4.69) is 5.32 Å². The van der Waals surface area contributed by atoms with E-state index in [4.69, 9.17) is 9.84 Å². The summed E-state index contributed by atoms with van der Waals surface area (Å²) in [4.78, 5) is 22.3. The van der Waals surface area contributed by atoms with E-state index >= 15 is 0 Å². The van der Waals surface area contributed by atoms with Crippen LogP contribution >= 0.6 is 0 Å². The summed E-state index contributed by atoms with van der Waals surface area (Å²) in [6, 6.07) is 6.66. The summed E-state index contributed by atoms with van der Waals surface area (Å²) in [7, 11) is 3.02. The molecule has 0 aliphatic rings. The average Bonchev–Trinajstić information content (AvgIpc) is 2.35. The minimum atomic E-state index is -1.02. The fourth-order valence-electron chi connectivity index (χ4n) is 1.47. The first kappa shape index (κ1) is 13.0. The molecule has 1 aromatic rings. The van der Waals surface area contributed by atoms with Crippen LogP contribution in [0.3, 0.4) is 0 Å². The molecule has 0 radical (unpaired) electrons. The molecule has 0 unspecified atom stereocenters. The monoisotopic (exact) mass is 237 g/mol. The Morgan fingerprint density at radius 2 is 1.94 bits per heavy atom. The molecular weight excluding hydrogens is 222 g/mol. The summed E-state index contributed by atoms with van der Waals surface area (Å²) in [5, 5.41) is 11.5. The Hall–Kier alpha value is -2.04. The molecule has 0 aliphatic carbocycles. The third-order valence-corrected chi connectivity index (χ3v) is 2.48. The number of aliphatic carboxylic acids is 1. The van der Waals surface area contributed by atoms with E-state index in [1.807, 2.05) is 0 Å². The Kier molecular flexibility index (Phi) is 4.51. The number of carboxylic acids is 1. The van der Waals surface area contributed by atoms with E-state index in [9.17, 15) is 9.59 Å². The van der Waals surface area contributed by atoms with Gasteiger partial charge in [-0.25, -0.2) is 0 Å². The van der Waals surface area contributed by atoms with Gasteiger partial charge < -0.3 is 15.2 Å². The second-order valence-corrected chi connectivity index (χ2v) is 3.54. The smallest absolute Gasteiger partial charge is 0.311 e. The Labute approximate surface area is 99.4 Å².